The number of amides is 1. The first kappa shape index (κ1) is 17.0. The molecule has 0 bridgehead atoms. The van der Waals surface area contributed by atoms with Crippen LogP contribution in [0.5, 0.6) is 0 Å². The van der Waals surface area contributed by atoms with Crippen molar-refractivity contribution in [3.05, 3.63) is 29.8 Å². The van der Waals surface area contributed by atoms with Gasteiger partial charge in [-0.25, -0.2) is 12.7 Å². The van der Waals surface area contributed by atoms with Gasteiger partial charge in [-0.15, -0.1) is 0 Å². The van der Waals surface area contributed by atoms with Crippen LogP contribution in [0.1, 0.15) is 43.0 Å². The minimum absolute atomic E-state index is 0.141. The average molecular weight is 324 g/mol. The normalized spacial score (nSPS) is 22.5. The van der Waals surface area contributed by atoms with E-state index in [0.29, 0.717) is 11.5 Å². The van der Waals surface area contributed by atoms with Crippen molar-refractivity contribution in [1.82, 2.24) is 9.62 Å². The van der Waals surface area contributed by atoms with Crippen molar-refractivity contribution in [3.63, 3.8) is 0 Å². The van der Waals surface area contributed by atoms with E-state index in [1.165, 1.54) is 32.6 Å². The smallest absolute Gasteiger partial charge is 0.251 e. The molecule has 0 aliphatic heterocycles. The summed E-state index contributed by atoms with van der Waals surface area (Å²) in [6.45, 7) is 2.15. The summed E-state index contributed by atoms with van der Waals surface area (Å²) in [4.78, 5) is 12.5. The van der Waals surface area contributed by atoms with Crippen molar-refractivity contribution in [2.24, 2.45) is 5.92 Å². The number of nitrogens with zero attached hydrogens (tertiary/aromatic N) is 1. The summed E-state index contributed by atoms with van der Waals surface area (Å²) in [5, 5.41) is 3.05. The number of hydrogen-bond donors (Lipinski definition) is 1. The molecule has 2 rings (SSSR count). The van der Waals surface area contributed by atoms with Crippen LogP contribution in [0.3, 0.4) is 0 Å². The molecule has 2 atom stereocenters. The number of benzene rings is 1. The molecule has 1 amide bonds. The highest BCUT2D eigenvalue weighted by molar-refractivity contribution is 7.89. The van der Waals surface area contributed by atoms with Gasteiger partial charge < -0.3 is 5.32 Å². The van der Waals surface area contributed by atoms with Gasteiger partial charge in [0, 0.05) is 25.7 Å². The van der Waals surface area contributed by atoms with Crippen LogP contribution in [0.4, 0.5) is 0 Å². The lowest BCUT2D eigenvalue weighted by Gasteiger charge is -2.29. The summed E-state index contributed by atoms with van der Waals surface area (Å²) >= 11 is 0. The van der Waals surface area contributed by atoms with Crippen molar-refractivity contribution in [2.45, 2.75) is 43.5 Å². The van der Waals surface area contributed by atoms with Crippen LogP contribution in [0.15, 0.2) is 29.2 Å². The van der Waals surface area contributed by atoms with Crippen molar-refractivity contribution >= 4 is 15.9 Å². The fourth-order valence-electron chi connectivity index (χ4n) is 2.79. The molecule has 0 radical (unpaired) electrons. The van der Waals surface area contributed by atoms with E-state index in [-0.39, 0.29) is 16.8 Å². The van der Waals surface area contributed by atoms with Crippen LogP contribution in [0, 0.1) is 5.92 Å². The third-order valence-electron chi connectivity index (χ3n) is 4.30. The second-order valence-electron chi connectivity index (χ2n) is 6.16. The lowest BCUT2D eigenvalue weighted by atomic mass is 9.86. The van der Waals surface area contributed by atoms with E-state index in [1.807, 2.05) is 0 Å². The molecule has 2 unspecified atom stereocenters. The molecule has 1 saturated carbocycles. The Morgan fingerprint density at radius 1 is 1.23 bits per heavy atom. The van der Waals surface area contributed by atoms with Gasteiger partial charge in [0.1, 0.15) is 0 Å². The molecule has 5 nitrogen and oxygen atoms in total. The third kappa shape index (κ3) is 3.67. The lowest BCUT2D eigenvalue weighted by Crippen LogP contribution is -2.41. The average Bonchev–Trinajstić information content (AvgIpc) is 2.49. The summed E-state index contributed by atoms with van der Waals surface area (Å²) in [5.74, 6) is 0.265. The number of rotatable bonds is 4. The second kappa shape index (κ2) is 6.79. The maximum absolute atomic E-state index is 12.4. The van der Waals surface area contributed by atoms with E-state index in [9.17, 15) is 13.2 Å². The highest BCUT2D eigenvalue weighted by atomic mass is 32.2. The predicted molar refractivity (Wildman–Crippen MR) is 86.2 cm³/mol. The molecular formula is C16H24N2O3S. The quantitative estimate of drug-likeness (QED) is 0.924. The van der Waals surface area contributed by atoms with E-state index < -0.39 is 10.0 Å². The molecule has 0 saturated heterocycles. The fraction of sp³-hybridized carbons (Fsp3) is 0.562. The number of carbonyl (C=O) groups is 1. The molecule has 122 valence electrons. The molecule has 22 heavy (non-hydrogen) atoms. The van der Waals surface area contributed by atoms with Gasteiger partial charge in [-0.2, -0.15) is 0 Å². The van der Waals surface area contributed by atoms with Gasteiger partial charge in [0.2, 0.25) is 10.0 Å². The molecule has 1 aliphatic carbocycles. The van der Waals surface area contributed by atoms with Gasteiger partial charge in [-0.3, -0.25) is 4.79 Å². The van der Waals surface area contributed by atoms with Crippen molar-refractivity contribution in [3.8, 4) is 0 Å². The van der Waals surface area contributed by atoms with E-state index in [4.69, 9.17) is 0 Å². The molecule has 1 fully saturated rings. The Bertz CT molecular complexity index is 641. The van der Waals surface area contributed by atoms with Gasteiger partial charge in [0.25, 0.3) is 5.91 Å². The zero-order chi connectivity index (χ0) is 16.3. The van der Waals surface area contributed by atoms with Crippen molar-refractivity contribution in [1.29, 1.82) is 0 Å². The van der Waals surface area contributed by atoms with Gasteiger partial charge in [0.15, 0.2) is 0 Å². The van der Waals surface area contributed by atoms with Crippen molar-refractivity contribution < 1.29 is 13.2 Å². The Balaban J connectivity index is 2.17. The van der Waals surface area contributed by atoms with Crippen LogP contribution in [0.2, 0.25) is 0 Å². The monoisotopic (exact) mass is 324 g/mol. The Kier molecular flexibility index (Phi) is 5.24. The Morgan fingerprint density at radius 2 is 1.91 bits per heavy atom. The van der Waals surface area contributed by atoms with E-state index in [1.54, 1.807) is 12.1 Å². The third-order valence-corrected chi connectivity index (χ3v) is 6.11. The molecule has 1 aromatic carbocycles. The maximum atomic E-state index is 12.4. The molecule has 1 aliphatic rings. The standard InChI is InChI=1S/C16H24N2O3S/c1-12-7-4-5-10-15(12)17-16(19)13-8-6-9-14(11-13)22(20,21)18(2)3/h6,8-9,11-12,15H,4-5,7,10H2,1-3H3,(H,17,19). The molecule has 0 spiro atoms. The topological polar surface area (TPSA) is 66.5 Å². The number of carbonyl (C=O) groups excluding carboxylic acids is 1. The van der Waals surface area contributed by atoms with Crippen LogP contribution in [-0.2, 0) is 10.0 Å². The van der Waals surface area contributed by atoms with Gasteiger partial charge in [0.05, 0.1) is 4.90 Å². The summed E-state index contributed by atoms with van der Waals surface area (Å²) < 4.78 is 25.4. The van der Waals surface area contributed by atoms with Crippen LogP contribution in [0.25, 0.3) is 0 Å². The minimum atomic E-state index is -3.52. The van der Waals surface area contributed by atoms with Gasteiger partial charge >= 0.3 is 0 Å². The maximum Gasteiger partial charge on any atom is 0.251 e. The molecule has 6 heteroatoms. The number of sulfonamides is 1. The molecule has 1 aromatic rings. The van der Waals surface area contributed by atoms with E-state index in [2.05, 4.69) is 12.2 Å². The zero-order valence-corrected chi connectivity index (χ0v) is 14.2. The summed E-state index contributed by atoms with van der Waals surface area (Å²) in [6.07, 6.45) is 4.46. The summed E-state index contributed by atoms with van der Waals surface area (Å²) in [5.41, 5.74) is 0.390. The Morgan fingerprint density at radius 3 is 2.55 bits per heavy atom. The highest BCUT2D eigenvalue weighted by Gasteiger charge is 2.24. The van der Waals surface area contributed by atoms with Crippen LogP contribution >= 0.6 is 0 Å². The molecular weight excluding hydrogens is 300 g/mol. The van der Waals surface area contributed by atoms with Crippen molar-refractivity contribution in [2.75, 3.05) is 14.1 Å². The SMILES string of the molecule is CC1CCCCC1NC(=O)c1cccc(S(=O)(=O)N(C)C)c1. The Hall–Kier alpha value is -1.40. The molecule has 1 N–H and O–H groups in total. The second-order valence-corrected chi connectivity index (χ2v) is 8.31. The fourth-order valence-corrected chi connectivity index (χ4v) is 3.74. The van der Waals surface area contributed by atoms with E-state index >= 15 is 0 Å². The number of nitrogens with one attached hydrogen (secondary N) is 1. The lowest BCUT2D eigenvalue weighted by molar-refractivity contribution is 0.0910. The largest absolute Gasteiger partial charge is 0.349 e. The van der Waals surface area contributed by atoms with Crippen LogP contribution < -0.4 is 5.32 Å². The summed E-state index contributed by atoms with van der Waals surface area (Å²) in [7, 11) is -0.568. The Labute approximate surface area is 132 Å². The zero-order valence-electron chi connectivity index (χ0n) is 13.4. The predicted octanol–water partition coefficient (Wildman–Crippen LogP) is 2.25. The minimum Gasteiger partial charge on any atom is -0.349 e. The molecule has 0 aromatic heterocycles. The van der Waals surface area contributed by atoms with Gasteiger partial charge in [-0.05, 0) is 37.0 Å². The van der Waals surface area contributed by atoms with Crippen LogP contribution in [-0.4, -0.2) is 38.8 Å². The molecule has 0 heterocycles. The highest BCUT2D eigenvalue weighted by Crippen LogP contribution is 2.24. The first-order valence-corrected chi connectivity index (χ1v) is 9.10. The van der Waals surface area contributed by atoms with E-state index in [0.717, 1.165) is 23.6 Å². The van der Waals surface area contributed by atoms with Gasteiger partial charge in [-0.1, -0.05) is 25.8 Å². The summed E-state index contributed by atoms with van der Waals surface area (Å²) in [6, 6.07) is 6.39. The first-order valence-electron chi connectivity index (χ1n) is 7.66. The first-order chi connectivity index (χ1) is 10.3. The number of hydrogen-bond acceptors (Lipinski definition) is 3.